The number of nitrogens with one attached hydrogen (secondary N) is 2. The van der Waals surface area contributed by atoms with E-state index in [9.17, 15) is 8.42 Å². The van der Waals surface area contributed by atoms with E-state index >= 15 is 0 Å². The van der Waals surface area contributed by atoms with Gasteiger partial charge in [0.15, 0.2) is 0 Å². The molecular weight excluding hydrogens is 405 g/mol. The zero-order valence-electron chi connectivity index (χ0n) is 14.8. The fourth-order valence-corrected chi connectivity index (χ4v) is 3.91. The predicted molar refractivity (Wildman–Crippen MR) is 114 cm³/mol. The van der Waals surface area contributed by atoms with Crippen LogP contribution in [0.1, 0.15) is 12.5 Å². The minimum absolute atomic E-state index is 0. The van der Waals surface area contributed by atoms with Crippen LogP contribution in [0.3, 0.4) is 0 Å². The summed E-state index contributed by atoms with van der Waals surface area (Å²) in [6.45, 7) is 3.10. The van der Waals surface area contributed by atoms with Gasteiger partial charge in [-0.3, -0.25) is 4.98 Å². The largest absolute Gasteiger partial charge is 0.311 e. The Bertz CT molecular complexity index is 953. The van der Waals surface area contributed by atoms with Gasteiger partial charge in [0.1, 0.15) is 0 Å². The summed E-state index contributed by atoms with van der Waals surface area (Å²) in [4.78, 5) is 4.30. The third kappa shape index (κ3) is 6.45. The lowest BCUT2D eigenvalue weighted by Gasteiger charge is -2.15. The smallest absolute Gasteiger partial charge is 0.240 e. The molecule has 1 heterocycles. The van der Waals surface area contributed by atoms with Crippen molar-refractivity contribution in [2.45, 2.75) is 24.4 Å². The van der Waals surface area contributed by atoms with E-state index in [1.165, 1.54) is 5.56 Å². The van der Waals surface area contributed by atoms with E-state index in [4.69, 9.17) is 0 Å². The molecule has 0 spiro atoms. The quantitative estimate of drug-likeness (QED) is 0.604. The summed E-state index contributed by atoms with van der Waals surface area (Å²) in [5.41, 5.74) is 1.17. The Morgan fingerprint density at radius 1 is 1.00 bits per heavy atom. The highest BCUT2D eigenvalue weighted by atomic mass is 35.5. The van der Waals surface area contributed by atoms with Crippen molar-refractivity contribution in [1.29, 1.82) is 0 Å². The van der Waals surface area contributed by atoms with Gasteiger partial charge in [-0.05, 0) is 36.1 Å². The van der Waals surface area contributed by atoms with Crippen molar-refractivity contribution in [3.63, 3.8) is 0 Å². The van der Waals surface area contributed by atoms with Crippen molar-refractivity contribution < 1.29 is 8.42 Å². The highest BCUT2D eigenvalue weighted by Crippen LogP contribution is 2.18. The van der Waals surface area contributed by atoms with Crippen molar-refractivity contribution >= 4 is 45.6 Å². The first kappa shape index (κ1) is 23.3. The second-order valence-corrected chi connectivity index (χ2v) is 7.74. The molecule has 0 aliphatic carbocycles. The third-order valence-corrected chi connectivity index (χ3v) is 5.49. The van der Waals surface area contributed by atoms with Gasteiger partial charge in [0, 0.05) is 36.9 Å². The molecule has 3 aromatic rings. The third-order valence-electron chi connectivity index (χ3n) is 3.90. The van der Waals surface area contributed by atoms with Gasteiger partial charge < -0.3 is 5.32 Å². The zero-order valence-corrected chi connectivity index (χ0v) is 17.3. The lowest BCUT2D eigenvalue weighted by molar-refractivity contribution is 0.536. The Morgan fingerprint density at radius 3 is 2.48 bits per heavy atom. The number of fused-ring (bicyclic) bond motifs is 1. The molecule has 3 rings (SSSR count). The van der Waals surface area contributed by atoms with Crippen LogP contribution in [0.15, 0.2) is 71.9 Å². The molecule has 146 valence electrons. The number of benzene rings is 2. The zero-order chi connectivity index (χ0) is 17.7. The maximum Gasteiger partial charge on any atom is 0.240 e. The molecular formula is C19H23Cl2N3O2S. The molecule has 0 aliphatic heterocycles. The molecule has 2 N–H and O–H groups in total. The SMILES string of the molecule is CC(CNCc1ccccc1)NS(=O)(=O)c1ccc2cnccc2c1.Cl.Cl. The van der Waals surface area contributed by atoms with E-state index in [1.807, 2.05) is 37.3 Å². The van der Waals surface area contributed by atoms with Crippen LogP contribution in [-0.4, -0.2) is 26.0 Å². The summed E-state index contributed by atoms with van der Waals surface area (Å²) >= 11 is 0. The maximum absolute atomic E-state index is 12.6. The average Bonchev–Trinajstić information content (AvgIpc) is 2.62. The molecule has 1 aromatic heterocycles. The summed E-state index contributed by atoms with van der Waals surface area (Å²) in [6, 6.07) is 16.6. The molecule has 0 saturated heterocycles. The van der Waals surface area contributed by atoms with Gasteiger partial charge in [-0.15, -0.1) is 24.8 Å². The number of rotatable bonds is 7. The molecule has 0 radical (unpaired) electrons. The van der Waals surface area contributed by atoms with E-state index in [-0.39, 0.29) is 35.8 Å². The Morgan fingerprint density at radius 2 is 1.74 bits per heavy atom. The average molecular weight is 428 g/mol. The van der Waals surface area contributed by atoms with E-state index < -0.39 is 10.0 Å². The van der Waals surface area contributed by atoms with Crippen LogP contribution in [0.25, 0.3) is 10.8 Å². The topological polar surface area (TPSA) is 71.1 Å². The van der Waals surface area contributed by atoms with Gasteiger partial charge in [0.2, 0.25) is 10.0 Å². The van der Waals surface area contributed by atoms with E-state index in [0.29, 0.717) is 13.1 Å². The van der Waals surface area contributed by atoms with Gasteiger partial charge in [0.25, 0.3) is 0 Å². The number of nitrogens with zero attached hydrogens (tertiary/aromatic N) is 1. The van der Waals surface area contributed by atoms with E-state index in [2.05, 4.69) is 15.0 Å². The fourth-order valence-electron chi connectivity index (χ4n) is 2.63. The summed E-state index contributed by atoms with van der Waals surface area (Å²) < 4.78 is 27.8. The Balaban J connectivity index is 0.00000182. The molecule has 27 heavy (non-hydrogen) atoms. The minimum Gasteiger partial charge on any atom is -0.311 e. The molecule has 2 aromatic carbocycles. The number of hydrogen-bond acceptors (Lipinski definition) is 4. The van der Waals surface area contributed by atoms with Crippen LogP contribution in [0.4, 0.5) is 0 Å². The second-order valence-electron chi connectivity index (χ2n) is 6.02. The van der Waals surface area contributed by atoms with Gasteiger partial charge in [0.05, 0.1) is 4.90 Å². The first-order valence-corrected chi connectivity index (χ1v) is 9.64. The number of aromatic nitrogens is 1. The van der Waals surface area contributed by atoms with E-state index in [1.54, 1.807) is 36.7 Å². The molecule has 0 aliphatic rings. The Hall–Kier alpha value is -1.70. The normalized spacial score (nSPS) is 12.0. The number of hydrogen-bond donors (Lipinski definition) is 2. The van der Waals surface area contributed by atoms with Crippen LogP contribution in [0.5, 0.6) is 0 Å². The van der Waals surface area contributed by atoms with Gasteiger partial charge in [-0.25, -0.2) is 13.1 Å². The highest BCUT2D eigenvalue weighted by molar-refractivity contribution is 7.89. The number of pyridine rings is 1. The van der Waals surface area contributed by atoms with Crippen LogP contribution in [-0.2, 0) is 16.6 Å². The Kier molecular flexibility index (Phi) is 9.15. The molecule has 0 fully saturated rings. The monoisotopic (exact) mass is 427 g/mol. The highest BCUT2D eigenvalue weighted by Gasteiger charge is 2.17. The van der Waals surface area contributed by atoms with Gasteiger partial charge in [-0.1, -0.05) is 36.4 Å². The van der Waals surface area contributed by atoms with Crippen LogP contribution in [0, 0.1) is 0 Å². The Labute approximate surface area is 172 Å². The van der Waals surface area contributed by atoms with Crippen LogP contribution >= 0.6 is 24.8 Å². The van der Waals surface area contributed by atoms with Crippen LogP contribution in [0.2, 0.25) is 0 Å². The molecule has 8 heteroatoms. The summed E-state index contributed by atoms with van der Waals surface area (Å²) in [6.07, 6.45) is 3.37. The standard InChI is InChI=1S/C19H21N3O2S.2ClH/c1-15(12-21-13-16-5-3-2-4-6-16)22-25(23,24)19-8-7-18-14-20-10-9-17(18)11-19;;/h2-11,14-15,21-22H,12-13H2,1H3;2*1H. The molecule has 1 unspecified atom stereocenters. The summed E-state index contributed by atoms with van der Waals surface area (Å²) in [5, 5.41) is 5.04. The van der Waals surface area contributed by atoms with Crippen molar-refractivity contribution in [2.75, 3.05) is 6.54 Å². The number of sulfonamides is 1. The lowest BCUT2D eigenvalue weighted by Crippen LogP contribution is -2.39. The van der Waals surface area contributed by atoms with Gasteiger partial charge in [-0.2, -0.15) is 0 Å². The van der Waals surface area contributed by atoms with Gasteiger partial charge >= 0.3 is 0 Å². The van der Waals surface area contributed by atoms with E-state index in [0.717, 1.165) is 10.8 Å². The molecule has 0 saturated carbocycles. The van der Waals surface area contributed by atoms with Crippen molar-refractivity contribution in [1.82, 2.24) is 15.0 Å². The van der Waals surface area contributed by atoms with Crippen LogP contribution < -0.4 is 10.0 Å². The lowest BCUT2D eigenvalue weighted by atomic mass is 10.2. The number of halogens is 2. The summed E-state index contributed by atoms with van der Waals surface area (Å²) in [7, 11) is -3.56. The summed E-state index contributed by atoms with van der Waals surface area (Å²) in [5.74, 6) is 0. The van der Waals surface area contributed by atoms with Crippen molar-refractivity contribution in [3.05, 3.63) is 72.6 Å². The van der Waals surface area contributed by atoms with Crippen molar-refractivity contribution in [2.24, 2.45) is 0 Å². The molecule has 0 amide bonds. The molecule has 5 nitrogen and oxygen atoms in total. The predicted octanol–water partition coefficient (Wildman–Crippen LogP) is 3.54. The van der Waals surface area contributed by atoms with Crippen molar-refractivity contribution in [3.8, 4) is 0 Å². The molecule has 1 atom stereocenters. The maximum atomic E-state index is 12.6. The second kappa shape index (κ2) is 10.6. The first-order valence-electron chi connectivity index (χ1n) is 8.15. The molecule has 0 bridgehead atoms. The first-order chi connectivity index (χ1) is 12.0. The minimum atomic E-state index is -3.56. The fraction of sp³-hybridized carbons (Fsp3) is 0.211.